The maximum absolute atomic E-state index is 4.13. The van der Waals surface area contributed by atoms with E-state index in [0.29, 0.717) is 0 Å². The van der Waals surface area contributed by atoms with E-state index in [9.17, 15) is 0 Å². The van der Waals surface area contributed by atoms with Gasteiger partial charge < -0.3 is 5.32 Å². The van der Waals surface area contributed by atoms with Gasteiger partial charge in [0.15, 0.2) is 0 Å². The zero-order valence-corrected chi connectivity index (χ0v) is 8.71. The Balaban J connectivity index is 2.37. The lowest BCUT2D eigenvalue weighted by Crippen LogP contribution is -2.04. The van der Waals surface area contributed by atoms with Crippen molar-refractivity contribution in [3.8, 4) is 11.3 Å². The van der Waals surface area contributed by atoms with Crippen molar-refractivity contribution >= 4 is 11.5 Å². The maximum atomic E-state index is 4.13. The fourth-order valence-electron chi connectivity index (χ4n) is 1.30. The van der Waals surface area contributed by atoms with Gasteiger partial charge in [-0.25, -0.2) is 0 Å². The Kier molecular flexibility index (Phi) is 2.86. The van der Waals surface area contributed by atoms with Crippen LogP contribution in [0.4, 0.5) is 0 Å². The molecule has 0 unspecified atom stereocenters. The molecular weight excluding hydrogens is 194 g/mol. The number of benzene rings is 1. The summed E-state index contributed by atoms with van der Waals surface area (Å²) in [6.45, 7) is 0.821. The van der Waals surface area contributed by atoms with E-state index >= 15 is 0 Å². The molecule has 0 spiro atoms. The third-order valence-corrected chi connectivity index (χ3v) is 2.66. The SMILES string of the molecule is CNCc1snnc1-c1ccccc1. The van der Waals surface area contributed by atoms with Gasteiger partial charge in [0.25, 0.3) is 0 Å². The molecule has 0 bridgehead atoms. The van der Waals surface area contributed by atoms with Crippen molar-refractivity contribution in [2.75, 3.05) is 7.05 Å². The highest BCUT2D eigenvalue weighted by atomic mass is 32.1. The first-order valence-electron chi connectivity index (χ1n) is 4.43. The summed E-state index contributed by atoms with van der Waals surface area (Å²) in [5.41, 5.74) is 2.12. The molecule has 3 nitrogen and oxygen atoms in total. The molecule has 1 N–H and O–H groups in total. The Bertz CT molecular complexity index is 397. The Morgan fingerprint density at radius 2 is 2.07 bits per heavy atom. The molecule has 14 heavy (non-hydrogen) atoms. The van der Waals surface area contributed by atoms with E-state index in [1.54, 1.807) is 0 Å². The first-order valence-corrected chi connectivity index (χ1v) is 5.20. The van der Waals surface area contributed by atoms with Crippen molar-refractivity contribution < 1.29 is 0 Å². The summed E-state index contributed by atoms with van der Waals surface area (Å²) >= 11 is 1.45. The summed E-state index contributed by atoms with van der Waals surface area (Å²) in [4.78, 5) is 1.18. The Morgan fingerprint density at radius 3 is 2.79 bits per heavy atom. The van der Waals surface area contributed by atoms with Crippen molar-refractivity contribution in [3.63, 3.8) is 0 Å². The van der Waals surface area contributed by atoms with Gasteiger partial charge in [-0.15, -0.1) is 5.10 Å². The summed E-state index contributed by atoms with van der Waals surface area (Å²) in [6, 6.07) is 10.1. The molecule has 4 heteroatoms. The molecule has 0 fully saturated rings. The summed E-state index contributed by atoms with van der Waals surface area (Å²) in [5.74, 6) is 0. The van der Waals surface area contributed by atoms with Crippen LogP contribution in [0.15, 0.2) is 30.3 Å². The predicted octanol–water partition coefficient (Wildman–Crippen LogP) is 1.92. The number of nitrogens with one attached hydrogen (secondary N) is 1. The van der Waals surface area contributed by atoms with Crippen LogP contribution in [0.1, 0.15) is 4.88 Å². The number of hydrogen-bond donors (Lipinski definition) is 1. The molecule has 0 saturated carbocycles. The second-order valence-electron chi connectivity index (χ2n) is 2.94. The van der Waals surface area contributed by atoms with E-state index in [1.807, 2.05) is 25.2 Å². The molecular formula is C10H11N3S. The molecule has 72 valence electrons. The minimum absolute atomic E-state index is 0.821. The van der Waals surface area contributed by atoms with Crippen LogP contribution in [0.5, 0.6) is 0 Å². The molecule has 0 radical (unpaired) electrons. The highest BCUT2D eigenvalue weighted by Gasteiger charge is 2.08. The van der Waals surface area contributed by atoms with Crippen molar-refractivity contribution in [2.45, 2.75) is 6.54 Å². The molecule has 0 saturated heterocycles. The summed E-state index contributed by atoms with van der Waals surface area (Å²) < 4.78 is 3.97. The molecule has 2 aromatic rings. The van der Waals surface area contributed by atoms with Gasteiger partial charge in [-0.1, -0.05) is 34.8 Å². The van der Waals surface area contributed by atoms with E-state index in [1.165, 1.54) is 16.4 Å². The molecule has 2 rings (SSSR count). The zero-order chi connectivity index (χ0) is 9.80. The van der Waals surface area contributed by atoms with Gasteiger partial charge in [0, 0.05) is 12.1 Å². The van der Waals surface area contributed by atoms with Gasteiger partial charge in [0.2, 0.25) is 0 Å². The number of rotatable bonds is 3. The lowest BCUT2D eigenvalue weighted by Gasteiger charge is -1.99. The topological polar surface area (TPSA) is 37.8 Å². The van der Waals surface area contributed by atoms with Gasteiger partial charge in [0.05, 0.1) is 4.88 Å². The standard InChI is InChI=1S/C10H11N3S/c1-11-7-9-10(12-13-14-9)8-5-3-2-4-6-8/h2-6,11H,7H2,1H3. The maximum Gasteiger partial charge on any atom is 0.110 e. The third-order valence-electron chi connectivity index (χ3n) is 1.94. The van der Waals surface area contributed by atoms with Gasteiger partial charge in [-0.05, 0) is 18.6 Å². The Hall–Kier alpha value is -1.26. The summed E-state index contributed by atoms with van der Waals surface area (Å²) in [6.07, 6.45) is 0. The fourth-order valence-corrected chi connectivity index (χ4v) is 1.98. The van der Waals surface area contributed by atoms with Crippen LogP contribution in [0.2, 0.25) is 0 Å². The van der Waals surface area contributed by atoms with E-state index in [0.717, 1.165) is 17.8 Å². The molecule has 0 aliphatic carbocycles. The second kappa shape index (κ2) is 4.30. The van der Waals surface area contributed by atoms with Crippen LogP contribution in [0, 0.1) is 0 Å². The quantitative estimate of drug-likeness (QED) is 0.832. The molecule has 0 aliphatic heterocycles. The van der Waals surface area contributed by atoms with E-state index in [4.69, 9.17) is 0 Å². The molecule has 0 aliphatic rings. The van der Waals surface area contributed by atoms with Crippen LogP contribution in [0.25, 0.3) is 11.3 Å². The Labute approximate surface area is 87.0 Å². The van der Waals surface area contributed by atoms with Crippen LogP contribution in [0.3, 0.4) is 0 Å². The predicted molar refractivity (Wildman–Crippen MR) is 58.1 cm³/mol. The van der Waals surface area contributed by atoms with Gasteiger partial charge >= 0.3 is 0 Å². The first kappa shape index (κ1) is 9.30. The first-order chi connectivity index (χ1) is 6.92. The largest absolute Gasteiger partial charge is 0.315 e. The van der Waals surface area contributed by atoms with E-state index < -0.39 is 0 Å². The number of hydrogen-bond acceptors (Lipinski definition) is 4. The van der Waals surface area contributed by atoms with Crippen LogP contribution >= 0.6 is 11.5 Å². The minimum Gasteiger partial charge on any atom is -0.315 e. The minimum atomic E-state index is 0.821. The van der Waals surface area contributed by atoms with Crippen LogP contribution in [-0.4, -0.2) is 16.6 Å². The lowest BCUT2D eigenvalue weighted by molar-refractivity contribution is 0.830. The number of aromatic nitrogens is 2. The highest BCUT2D eigenvalue weighted by Crippen LogP contribution is 2.22. The van der Waals surface area contributed by atoms with Crippen LogP contribution < -0.4 is 5.32 Å². The molecule has 1 heterocycles. The van der Waals surface area contributed by atoms with Crippen LogP contribution in [-0.2, 0) is 6.54 Å². The second-order valence-corrected chi connectivity index (χ2v) is 3.78. The van der Waals surface area contributed by atoms with Crippen molar-refractivity contribution in [1.82, 2.24) is 14.9 Å². The monoisotopic (exact) mass is 205 g/mol. The van der Waals surface area contributed by atoms with E-state index in [-0.39, 0.29) is 0 Å². The lowest BCUT2D eigenvalue weighted by atomic mass is 10.1. The average Bonchev–Trinajstić information content (AvgIpc) is 2.68. The van der Waals surface area contributed by atoms with E-state index in [2.05, 4.69) is 27.0 Å². The normalized spacial score (nSPS) is 10.4. The van der Waals surface area contributed by atoms with Gasteiger partial charge in [0.1, 0.15) is 5.69 Å². The van der Waals surface area contributed by atoms with Gasteiger partial charge in [-0.2, -0.15) is 0 Å². The zero-order valence-electron chi connectivity index (χ0n) is 7.90. The summed E-state index contributed by atoms with van der Waals surface area (Å²) in [7, 11) is 1.93. The number of nitrogens with zero attached hydrogens (tertiary/aromatic N) is 2. The third kappa shape index (κ3) is 1.81. The molecule has 1 aromatic heterocycles. The van der Waals surface area contributed by atoms with Crippen molar-refractivity contribution in [3.05, 3.63) is 35.2 Å². The Morgan fingerprint density at radius 1 is 1.29 bits per heavy atom. The average molecular weight is 205 g/mol. The molecule has 0 amide bonds. The summed E-state index contributed by atoms with van der Waals surface area (Å²) in [5, 5.41) is 7.24. The highest BCUT2D eigenvalue weighted by molar-refractivity contribution is 7.05. The fraction of sp³-hybridized carbons (Fsp3) is 0.200. The molecule has 1 aromatic carbocycles. The van der Waals surface area contributed by atoms with Gasteiger partial charge in [-0.3, -0.25) is 0 Å². The molecule has 0 atom stereocenters. The van der Waals surface area contributed by atoms with Crippen molar-refractivity contribution in [1.29, 1.82) is 0 Å². The van der Waals surface area contributed by atoms with Crippen molar-refractivity contribution in [2.24, 2.45) is 0 Å². The smallest absolute Gasteiger partial charge is 0.110 e.